The molecule has 90 heavy (non-hydrogen) atoms. The zero-order chi connectivity index (χ0) is 110. The van der Waals surface area contributed by atoms with Gasteiger partial charge in [-0.1, -0.05) is 82.4 Å². The molecule has 0 aromatic heterocycles. The molecule has 12 unspecified atom stereocenters. The average Bonchev–Trinajstić information content (AvgIpc) is 0.701. The summed E-state index contributed by atoms with van der Waals surface area (Å²) in [4.78, 5) is 45.1. The van der Waals surface area contributed by atoms with Crippen LogP contribution in [0.15, 0.2) is 36.4 Å². The summed E-state index contributed by atoms with van der Waals surface area (Å²) >= 11 is 0. The zero-order valence-corrected chi connectivity index (χ0v) is 51.2. The van der Waals surface area contributed by atoms with Crippen LogP contribution in [0.3, 0.4) is 0 Å². The predicted molar refractivity (Wildman–Crippen MR) is 353 cm³/mol. The Bertz CT molecular complexity index is 4860. The van der Waals surface area contributed by atoms with Gasteiger partial charge in [0.1, 0.15) is 36.3 Å². The highest BCUT2D eigenvalue weighted by molar-refractivity contribution is 5.77. The molecule has 504 valence electrons. The van der Waals surface area contributed by atoms with Crippen molar-refractivity contribution < 1.29 is 127 Å². The third-order valence-electron chi connectivity index (χ3n) is 15.5. The lowest BCUT2D eigenvalue weighted by Gasteiger charge is -2.47. The largest absolute Gasteiger partial charge is 0.493 e. The van der Waals surface area contributed by atoms with E-state index in [9.17, 15) is 22.6 Å². The predicted octanol–water partition coefficient (Wildman–Crippen LogP) is 10.7. The molecule has 18 nitrogen and oxygen atoms in total. The van der Waals surface area contributed by atoms with Crippen LogP contribution in [0.1, 0.15) is 242 Å². The third kappa shape index (κ3) is 17.5. The van der Waals surface area contributed by atoms with Crippen LogP contribution in [-0.4, -0.2) is 151 Å². The first kappa shape index (κ1) is 29.5. The van der Waals surface area contributed by atoms with Gasteiger partial charge in [-0.15, -0.1) is 0 Å². The van der Waals surface area contributed by atoms with Gasteiger partial charge in [0.15, 0.2) is 34.5 Å². The first-order valence-electron chi connectivity index (χ1n) is 53.6. The number of nitrogens with two attached hydrogens (primary N) is 3. The summed E-state index contributed by atoms with van der Waals surface area (Å²) in [7, 11) is 3.74. The van der Waals surface area contributed by atoms with Crippen molar-refractivity contribution in [3.8, 4) is 34.5 Å². The molecule has 6 heterocycles. The van der Waals surface area contributed by atoms with Gasteiger partial charge in [-0.05, 0) is 144 Å². The van der Waals surface area contributed by atoms with E-state index in [4.69, 9.17) is 122 Å². The van der Waals surface area contributed by atoms with Crippen molar-refractivity contribution in [2.24, 2.45) is 70.3 Å². The number of esters is 3. The molecule has 3 saturated heterocycles. The van der Waals surface area contributed by atoms with E-state index >= 15 is 0 Å². The Hall–Kier alpha value is -5.37. The molecule has 3 fully saturated rings. The molecule has 6 N–H and O–H groups in total. The van der Waals surface area contributed by atoms with Crippen LogP contribution in [0.5, 0.6) is 34.5 Å². The minimum Gasteiger partial charge on any atom is -0.493 e. The second-order valence-corrected chi connectivity index (χ2v) is 21.3. The lowest BCUT2D eigenvalue weighted by molar-refractivity contribution is -0.161. The van der Waals surface area contributed by atoms with Gasteiger partial charge < -0.3 is 59.8 Å². The van der Waals surface area contributed by atoms with E-state index in [-0.39, 0.29) is 78.6 Å². The summed E-state index contributed by atoms with van der Waals surface area (Å²) in [6, 6.07) is -9.48. The van der Waals surface area contributed by atoms with Crippen LogP contribution in [0, 0.1) is 53.1 Å². The monoisotopic (exact) mass is 1310 g/mol. The van der Waals surface area contributed by atoms with Gasteiger partial charge in [0.05, 0.1) is 59.0 Å². The molecule has 0 spiro atoms. The third-order valence-corrected chi connectivity index (χ3v) is 15.5. The van der Waals surface area contributed by atoms with Crippen LogP contribution >= 0.6 is 0 Å². The number of carbonyl (C=O) groups excluding carboxylic acids is 3. The van der Waals surface area contributed by atoms with Crippen LogP contribution in [0.4, 0.5) is 0 Å². The van der Waals surface area contributed by atoms with Gasteiger partial charge in [-0.2, -0.15) is 0 Å². The molecule has 18 heteroatoms. The highest BCUT2D eigenvalue weighted by atomic mass is 16.6. The molecule has 15 atom stereocenters. The van der Waals surface area contributed by atoms with Crippen LogP contribution in [0.25, 0.3) is 0 Å². The topological polar surface area (TPSA) is 222 Å². The summed E-state index contributed by atoms with van der Waals surface area (Å²) in [6.45, 7) is -33.0. The van der Waals surface area contributed by atoms with Crippen molar-refractivity contribution in [3.05, 3.63) is 69.8 Å². The Labute approximate surface area is 611 Å². The van der Waals surface area contributed by atoms with Gasteiger partial charge in [0.25, 0.3) is 0 Å². The van der Waals surface area contributed by atoms with Crippen LogP contribution in [-0.2, 0) is 47.9 Å². The number of methoxy groups -OCH3 is 6. The molecule has 0 aliphatic carbocycles. The lowest BCUT2D eigenvalue weighted by Crippen LogP contribution is -2.51. The number of piperidine rings is 3. The van der Waals surface area contributed by atoms with Gasteiger partial charge in [0.2, 0.25) is 0 Å². The number of carbonyl (C=O) groups is 3. The molecular formula is C72H114N6O12. The maximum Gasteiger partial charge on any atom is 0.323 e. The van der Waals surface area contributed by atoms with E-state index in [1.54, 1.807) is 12.1 Å². The number of hydrogen-bond acceptors (Lipinski definition) is 18. The Morgan fingerprint density at radius 3 is 0.978 bits per heavy atom. The molecule has 6 aliphatic rings. The fourth-order valence-corrected chi connectivity index (χ4v) is 11.2. The molecular weight excluding hydrogens is 1140 g/mol. The molecule has 0 bridgehead atoms. The van der Waals surface area contributed by atoms with E-state index in [1.165, 1.54) is 74.5 Å². The zero-order valence-electron chi connectivity index (χ0n) is 102. The molecule has 9 rings (SSSR count). The average molecular weight is 1310 g/mol. The van der Waals surface area contributed by atoms with E-state index in [2.05, 4.69) is 0 Å². The SMILES string of the molecule is [2H]C([2H])([2H])Oc1cc2c(cc1OC)C1([2H])CC([2H])(OC(=O)[C@@]([2H])(N)C([2H])(C([2H])([2H])[2H])C([2H])([2H])[2H])C(C([2H])([2H])C([2H])(C)C([2H])([2H])[2H])CN1CC2.[2H]C1(OC(=O)[C@@]([2H])(N)C([2H])(C([2H])([2H])[2H])C([2H])([2H])[2H])CC2([2H])c3cc(OC)c(OC)cc3CCN2CC1C([2H])([2H])C([2H])(C)C([2H])([2H])[2H].[2H]C1(OC(=O)[C@@]([2H])(N)C([2H])(C([2H])([2H])[2H])C([2H])([2H])[2H])CC2([2H])c3cc(OC)c(OC)cc3CCN2CC1C([2H])([2H])C([2H])(C)C([2H])([2H])[2H]. The van der Waals surface area contributed by atoms with Crippen molar-refractivity contribution in [2.75, 3.05) is 81.9 Å². The summed E-state index contributed by atoms with van der Waals surface area (Å²) < 4.78 is 465. The standard InChI is InChI=1S/3C24H38N2O4/c3*1-14(2)9-17-13-26-8-7-16-10-21(28-5)22(29-6)11-18(16)19(26)12-20(17)30-24(27)23(25)15(3)4/h3*10-11,14-15,17,19-20,23H,7-9,12-13,25H2,1-6H3/t3*17?,19?,20?,23-/m000/s1/i1D3,3D3,4D3,5D3,9D2,14D,15D,19D,20D,23D;2*1D3,3D3,4D3,9D2,14D,15D,19D,20D,23D/t3*14?,17?,19?,20?,23-. The molecule has 0 radical (unpaired) electrons. The molecule has 3 aromatic rings. The minimum absolute atomic E-state index is 0.0364. The normalized spacial score (nSPS) is 43.4. The fourth-order valence-electron chi connectivity index (χ4n) is 11.2. The van der Waals surface area contributed by atoms with Gasteiger partial charge >= 0.3 is 17.9 Å². The van der Waals surface area contributed by atoms with E-state index in [1.807, 2.05) is 0 Å². The number of hydrogen-bond donors (Lipinski definition) is 3. The Morgan fingerprint density at radius 2 is 0.733 bits per heavy atom. The van der Waals surface area contributed by atoms with Crippen LogP contribution in [0.2, 0.25) is 0 Å². The summed E-state index contributed by atoms with van der Waals surface area (Å²) in [5, 5.41) is 0. The van der Waals surface area contributed by atoms with Crippen LogP contribution < -0.4 is 45.6 Å². The number of benzene rings is 3. The van der Waals surface area contributed by atoms with Gasteiger partial charge in [-0.3, -0.25) is 29.1 Å². The summed E-state index contributed by atoms with van der Waals surface area (Å²) in [5.74, 6) is -33.3. The molecule has 0 amide bonds. The Morgan fingerprint density at radius 1 is 0.467 bits per heavy atom. The van der Waals surface area contributed by atoms with E-state index < -0.39 is 252 Å². The van der Waals surface area contributed by atoms with Crippen molar-refractivity contribution in [2.45, 2.75) is 194 Å². The lowest BCUT2D eigenvalue weighted by atomic mass is 9.79. The van der Waals surface area contributed by atoms with Crippen molar-refractivity contribution in [1.82, 2.24) is 14.7 Å². The highest BCUT2D eigenvalue weighted by Crippen LogP contribution is 2.48. The Kier molecular flexibility index (Phi) is 10.6. The fraction of sp³-hybridized carbons (Fsp3) is 0.708. The summed E-state index contributed by atoms with van der Waals surface area (Å²) in [5.41, 5.74) is 19.0. The smallest absolute Gasteiger partial charge is 0.323 e. The number of nitrogens with zero attached hydrogens (tertiary/aromatic N) is 3. The highest BCUT2D eigenvalue weighted by Gasteiger charge is 2.45. The molecule has 3 aromatic carbocycles. The van der Waals surface area contributed by atoms with Crippen molar-refractivity contribution in [1.29, 1.82) is 0 Å². The molecule has 0 saturated carbocycles. The van der Waals surface area contributed by atoms with Gasteiger partial charge in [0, 0.05) is 148 Å². The van der Waals surface area contributed by atoms with E-state index in [0.717, 1.165) is 20.8 Å². The second-order valence-electron chi connectivity index (χ2n) is 21.3. The quantitative estimate of drug-likeness (QED) is 0.0666. The Balaban J connectivity index is 0.000000288. The number of rotatable bonds is 21. The maximum atomic E-state index is 13.7. The van der Waals surface area contributed by atoms with Crippen molar-refractivity contribution >= 4 is 17.9 Å². The minimum atomic E-state index is -4.07. The number of ether oxygens (including phenoxy) is 9. The second kappa shape index (κ2) is 32.5. The molecule has 6 aliphatic heterocycles. The van der Waals surface area contributed by atoms with Gasteiger partial charge in [-0.25, -0.2) is 0 Å². The van der Waals surface area contributed by atoms with E-state index in [0.29, 0.717) is 28.2 Å². The first-order chi connectivity index (χ1) is 62.4. The maximum absolute atomic E-state index is 13.7. The van der Waals surface area contributed by atoms with Crippen molar-refractivity contribution in [3.63, 3.8) is 0 Å². The number of fused-ring (bicyclic) bond motifs is 9. The first-order valence-corrected chi connectivity index (χ1v) is 28.1. The summed E-state index contributed by atoms with van der Waals surface area (Å²) in [6.07, 6.45) is -21.3.